The zero-order chi connectivity index (χ0) is 14.3. The van der Waals surface area contributed by atoms with Crippen LogP contribution < -0.4 is 5.73 Å². The van der Waals surface area contributed by atoms with E-state index in [2.05, 4.69) is 15.0 Å². The summed E-state index contributed by atoms with van der Waals surface area (Å²) in [5.74, 6) is 0. The van der Waals surface area contributed by atoms with E-state index in [0.717, 1.165) is 3.97 Å². The first kappa shape index (κ1) is 12.8. The number of nitrogen functional groups attached to an aromatic ring is 1. The van der Waals surface area contributed by atoms with Gasteiger partial charge in [-0.25, -0.2) is 22.4 Å². The Kier molecular flexibility index (Phi) is 2.80. The smallest absolute Gasteiger partial charge is 0.270 e. The van der Waals surface area contributed by atoms with E-state index in [9.17, 15) is 8.42 Å². The topological polar surface area (TPSA) is 107 Å². The Bertz CT molecular complexity index is 958. The third-order valence-electron chi connectivity index (χ3n) is 2.74. The average Bonchev–Trinajstić information content (AvgIpc) is 2.85. The molecule has 0 aliphatic heterocycles. The number of hydrogen-bond donors (Lipinski definition) is 2. The summed E-state index contributed by atoms with van der Waals surface area (Å²) in [6.45, 7) is 0. The molecule has 3 aromatic rings. The van der Waals surface area contributed by atoms with Crippen LogP contribution in [0.15, 0.2) is 41.8 Å². The maximum absolute atomic E-state index is 12.6. The Morgan fingerprint density at radius 1 is 1.30 bits per heavy atom. The van der Waals surface area contributed by atoms with Crippen LogP contribution in [0.4, 0.5) is 5.69 Å². The summed E-state index contributed by atoms with van der Waals surface area (Å²) >= 11 is 5.01. The monoisotopic (exact) mass is 307 g/mol. The van der Waals surface area contributed by atoms with Gasteiger partial charge in [0, 0.05) is 5.69 Å². The number of benzene rings is 1. The van der Waals surface area contributed by atoms with E-state index < -0.39 is 10.0 Å². The second-order valence-corrected chi connectivity index (χ2v) is 6.22. The van der Waals surface area contributed by atoms with Gasteiger partial charge in [0.15, 0.2) is 10.3 Å². The number of anilines is 1. The second kappa shape index (κ2) is 4.39. The predicted octanol–water partition coefficient (Wildman–Crippen LogP) is 1.31. The largest absolute Gasteiger partial charge is 0.399 e. The molecule has 0 fully saturated rings. The van der Waals surface area contributed by atoms with Crippen LogP contribution in [0, 0.1) is 4.64 Å². The van der Waals surface area contributed by atoms with Gasteiger partial charge in [-0.05, 0) is 18.2 Å². The predicted molar refractivity (Wildman–Crippen MR) is 76.2 cm³/mol. The van der Waals surface area contributed by atoms with Crippen LogP contribution in [-0.2, 0) is 10.0 Å². The highest BCUT2D eigenvalue weighted by Crippen LogP contribution is 2.20. The molecule has 20 heavy (non-hydrogen) atoms. The lowest BCUT2D eigenvalue weighted by Gasteiger charge is -2.06. The Labute approximate surface area is 119 Å². The molecule has 3 rings (SSSR count). The molecule has 2 aromatic heterocycles. The quantitative estimate of drug-likeness (QED) is 0.546. The standard InChI is InChI=1S/C11H9N5O2S2/c12-7-2-1-3-8(4-7)20(17,18)16-6-15-9-10(16)13-5-14-11(9)19/h1-6H,12H2,(H,13,14,19). The highest BCUT2D eigenvalue weighted by molar-refractivity contribution is 7.90. The van der Waals surface area contributed by atoms with E-state index in [4.69, 9.17) is 18.0 Å². The molecular weight excluding hydrogens is 298 g/mol. The van der Waals surface area contributed by atoms with Crippen LogP contribution in [0.3, 0.4) is 0 Å². The first-order valence-corrected chi connectivity index (χ1v) is 7.37. The van der Waals surface area contributed by atoms with Crippen LogP contribution in [-0.4, -0.2) is 27.3 Å². The fourth-order valence-electron chi connectivity index (χ4n) is 1.81. The number of aromatic amines is 1. The highest BCUT2D eigenvalue weighted by atomic mass is 32.2. The van der Waals surface area contributed by atoms with E-state index in [1.165, 1.54) is 24.8 Å². The lowest BCUT2D eigenvalue weighted by molar-refractivity contribution is 0.588. The molecule has 0 amide bonds. The molecule has 1 aromatic carbocycles. The number of nitrogens with zero attached hydrogens (tertiary/aromatic N) is 3. The lowest BCUT2D eigenvalue weighted by Crippen LogP contribution is -2.12. The van der Waals surface area contributed by atoms with Gasteiger partial charge < -0.3 is 10.7 Å². The summed E-state index contributed by atoms with van der Waals surface area (Å²) in [7, 11) is -3.79. The second-order valence-electron chi connectivity index (χ2n) is 4.02. The first-order valence-electron chi connectivity index (χ1n) is 5.52. The van der Waals surface area contributed by atoms with E-state index in [0.29, 0.717) is 11.2 Å². The minimum absolute atomic E-state index is 0.0768. The lowest BCUT2D eigenvalue weighted by atomic mass is 10.3. The highest BCUT2D eigenvalue weighted by Gasteiger charge is 2.20. The van der Waals surface area contributed by atoms with E-state index in [1.807, 2.05) is 0 Å². The minimum Gasteiger partial charge on any atom is -0.399 e. The number of hydrogen-bond acceptors (Lipinski definition) is 6. The van der Waals surface area contributed by atoms with Gasteiger partial charge in [0.05, 0.1) is 11.2 Å². The van der Waals surface area contributed by atoms with Crippen molar-refractivity contribution in [1.29, 1.82) is 0 Å². The van der Waals surface area contributed by atoms with Crippen molar-refractivity contribution in [3.05, 3.63) is 41.6 Å². The number of nitrogens with two attached hydrogens (primary N) is 1. The number of aromatic nitrogens is 4. The molecular formula is C11H9N5O2S2. The number of nitrogens with one attached hydrogen (secondary N) is 1. The van der Waals surface area contributed by atoms with Crippen molar-refractivity contribution < 1.29 is 8.42 Å². The molecule has 0 saturated heterocycles. The number of rotatable bonds is 2. The van der Waals surface area contributed by atoms with Gasteiger partial charge in [-0.3, -0.25) is 0 Å². The normalized spacial score (nSPS) is 11.8. The van der Waals surface area contributed by atoms with Gasteiger partial charge in [0.1, 0.15) is 11.8 Å². The molecule has 0 aliphatic rings. The summed E-state index contributed by atoms with van der Waals surface area (Å²) in [5.41, 5.74) is 6.59. The van der Waals surface area contributed by atoms with Crippen LogP contribution in [0.25, 0.3) is 11.2 Å². The maximum Gasteiger partial charge on any atom is 0.270 e. The Morgan fingerprint density at radius 2 is 2.10 bits per heavy atom. The third kappa shape index (κ3) is 1.87. The number of imidazole rings is 1. The minimum atomic E-state index is -3.79. The summed E-state index contributed by atoms with van der Waals surface area (Å²) in [6, 6.07) is 6.04. The fraction of sp³-hybridized carbons (Fsp3) is 0. The summed E-state index contributed by atoms with van der Waals surface area (Å²) in [4.78, 5) is 10.7. The Hall–Kier alpha value is -2.26. The SMILES string of the molecule is Nc1cccc(S(=O)(=O)n2cnc3c(=S)nc[nH]c32)c1. The fourth-order valence-corrected chi connectivity index (χ4v) is 3.32. The molecule has 0 saturated carbocycles. The van der Waals surface area contributed by atoms with Gasteiger partial charge in [-0.1, -0.05) is 18.3 Å². The van der Waals surface area contributed by atoms with Crippen LogP contribution >= 0.6 is 12.2 Å². The molecule has 0 unspecified atom stereocenters. The molecule has 0 aliphatic carbocycles. The van der Waals surface area contributed by atoms with Crippen molar-refractivity contribution in [1.82, 2.24) is 18.9 Å². The zero-order valence-electron chi connectivity index (χ0n) is 10.0. The van der Waals surface area contributed by atoms with E-state index in [1.54, 1.807) is 12.1 Å². The Balaban J connectivity index is 2.30. The van der Waals surface area contributed by atoms with Crippen molar-refractivity contribution in [3.63, 3.8) is 0 Å². The molecule has 0 spiro atoms. The molecule has 0 bridgehead atoms. The summed E-state index contributed by atoms with van der Waals surface area (Å²) in [5, 5.41) is 0. The summed E-state index contributed by atoms with van der Waals surface area (Å²) < 4.78 is 26.4. The van der Waals surface area contributed by atoms with Crippen LogP contribution in [0.5, 0.6) is 0 Å². The molecule has 102 valence electrons. The van der Waals surface area contributed by atoms with Crippen LogP contribution in [0.2, 0.25) is 0 Å². The van der Waals surface area contributed by atoms with Crippen molar-refractivity contribution >= 4 is 39.1 Å². The number of H-pyrrole nitrogens is 1. The van der Waals surface area contributed by atoms with E-state index in [-0.39, 0.29) is 15.2 Å². The number of fused-ring (bicyclic) bond motifs is 1. The third-order valence-corrected chi connectivity index (χ3v) is 4.68. The average molecular weight is 307 g/mol. The Morgan fingerprint density at radius 3 is 2.85 bits per heavy atom. The van der Waals surface area contributed by atoms with Gasteiger partial charge in [-0.2, -0.15) is 0 Å². The molecule has 3 N–H and O–H groups in total. The van der Waals surface area contributed by atoms with Gasteiger partial charge in [-0.15, -0.1) is 0 Å². The van der Waals surface area contributed by atoms with Gasteiger partial charge >= 0.3 is 0 Å². The van der Waals surface area contributed by atoms with Gasteiger partial charge in [0.25, 0.3) is 10.0 Å². The van der Waals surface area contributed by atoms with Crippen molar-refractivity contribution in [2.24, 2.45) is 0 Å². The first-order chi connectivity index (χ1) is 9.50. The van der Waals surface area contributed by atoms with Crippen LogP contribution in [0.1, 0.15) is 0 Å². The zero-order valence-corrected chi connectivity index (χ0v) is 11.6. The molecule has 0 radical (unpaired) electrons. The van der Waals surface area contributed by atoms with Crippen molar-refractivity contribution in [3.8, 4) is 0 Å². The van der Waals surface area contributed by atoms with Crippen molar-refractivity contribution in [2.75, 3.05) is 5.73 Å². The van der Waals surface area contributed by atoms with Crippen molar-refractivity contribution in [2.45, 2.75) is 4.90 Å². The maximum atomic E-state index is 12.6. The molecule has 7 nitrogen and oxygen atoms in total. The molecule has 0 atom stereocenters. The molecule has 2 heterocycles. The van der Waals surface area contributed by atoms with Gasteiger partial charge in [0.2, 0.25) is 0 Å². The molecule has 9 heteroatoms. The van der Waals surface area contributed by atoms with E-state index >= 15 is 0 Å². The summed E-state index contributed by atoms with van der Waals surface area (Å²) in [6.07, 6.45) is 2.52.